The van der Waals surface area contributed by atoms with Crippen molar-refractivity contribution >= 4 is 0 Å². The van der Waals surface area contributed by atoms with Crippen LogP contribution in [-0.4, -0.2) is 20.1 Å². The van der Waals surface area contributed by atoms with Gasteiger partial charge in [-0.1, -0.05) is 35.0 Å². The molecule has 4 nitrogen and oxygen atoms in total. The maximum absolute atomic E-state index is 14.1. The lowest BCUT2D eigenvalue weighted by atomic mass is 10.1. The summed E-state index contributed by atoms with van der Waals surface area (Å²) in [4.78, 5) is 0. The highest BCUT2D eigenvalue weighted by atomic mass is 19.1. The minimum absolute atomic E-state index is 0.296. The van der Waals surface area contributed by atoms with Gasteiger partial charge in [0.25, 0.3) is 0 Å². The third kappa shape index (κ3) is 2.43. The number of halogens is 1. The lowest BCUT2D eigenvalue weighted by Gasteiger charge is -2.09. The molecule has 0 unspecified atom stereocenters. The first-order valence-electron chi connectivity index (χ1n) is 6.58. The molecule has 5 heteroatoms. The van der Waals surface area contributed by atoms with Gasteiger partial charge in [-0.25, -0.2) is 9.07 Å². The fourth-order valence-electron chi connectivity index (χ4n) is 2.21. The number of nitrogens with zero attached hydrogens (tertiary/aromatic N) is 3. The fraction of sp³-hybridized carbons (Fsp3) is 0.125. The first kappa shape index (κ1) is 13.5. The largest absolute Gasteiger partial charge is 0.390 e. The van der Waals surface area contributed by atoms with Crippen LogP contribution in [0.3, 0.4) is 0 Å². The molecule has 3 aromatic rings. The van der Waals surface area contributed by atoms with Gasteiger partial charge in [0.15, 0.2) is 0 Å². The van der Waals surface area contributed by atoms with E-state index in [4.69, 9.17) is 0 Å². The van der Waals surface area contributed by atoms with Crippen molar-refractivity contribution in [2.75, 3.05) is 0 Å². The van der Waals surface area contributed by atoms with E-state index in [2.05, 4.69) is 10.3 Å². The van der Waals surface area contributed by atoms with Gasteiger partial charge >= 0.3 is 0 Å². The van der Waals surface area contributed by atoms with Crippen LogP contribution in [0.4, 0.5) is 4.39 Å². The van der Waals surface area contributed by atoms with Crippen molar-refractivity contribution < 1.29 is 9.50 Å². The molecule has 0 saturated carbocycles. The van der Waals surface area contributed by atoms with Gasteiger partial charge in [0, 0.05) is 5.56 Å². The van der Waals surface area contributed by atoms with Crippen molar-refractivity contribution in [1.82, 2.24) is 15.0 Å². The predicted molar refractivity (Wildman–Crippen MR) is 77.4 cm³/mol. The van der Waals surface area contributed by atoms with Crippen LogP contribution < -0.4 is 0 Å². The van der Waals surface area contributed by atoms with Gasteiger partial charge in [0.1, 0.15) is 17.2 Å². The molecule has 0 atom stereocenters. The summed E-state index contributed by atoms with van der Waals surface area (Å²) < 4.78 is 15.6. The molecule has 0 amide bonds. The van der Waals surface area contributed by atoms with Gasteiger partial charge in [-0.3, -0.25) is 0 Å². The van der Waals surface area contributed by atoms with Crippen molar-refractivity contribution in [3.05, 3.63) is 65.6 Å². The topological polar surface area (TPSA) is 50.9 Å². The summed E-state index contributed by atoms with van der Waals surface area (Å²) in [5.74, 6) is -0.372. The normalized spacial score (nSPS) is 10.8. The summed E-state index contributed by atoms with van der Waals surface area (Å²) in [5, 5.41) is 17.4. The van der Waals surface area contributed by atoms with E-state index in [0.717, 1.165) is 11.3 Å². The van der Waals surface area contributed by atoms with Crippen molar-refractivity contribution in [2.24, 2.45) is 0 Å². The van der Waals surface area contributed by atoms with Crippen LogP contribution in [0, 0.1) is 12.7 Å². The van der Waals surface area contributed by atoms with E-state index in [1.807, 2.05) is 31.2 Å². The van der Waals surface area contributed by atoms with E-state index in [0.29, 0.717) is 17.0 Å². The summed E-state index contributed by atoms with van der Waals surface area (Å²) in [6.45, 7) is 1.69. The molecule has 0 spiro atoms. The van der Waals surface area contributed by atoms with E-state index >= 15 is 0 Å². The molecule has 0 saturated heterocycles. The standard InChI is InChI=1S/C16H14FN3O/c1-11-6-8-12(9-7-11)20-16(15(10-21)18-19-20)13-4-2-3-5-14(13)17/h2-9,21H,10H2,1H3. The van der Waals surface area contributed by atoms with Crippen LogP contribution in [0.15, 0.2) is 48.5 Å². The van der Waals surface area contributed by atoms with Crippen LogP contribution in [0.2, 0.25) is 0 Å². The van der Waals surface area contributed by atoms with Gasteiger partial charge in [0.2, 0.25) is 0 Å². The smallest absolute Gasteiger partial charge is 0.132 e. The van der Waals surface area contributed by atoms with Crippen molar-refractivity contribution in [1.29, 1.82) is 0 Å². The molecule has 0 aliphatic heterocycles. The monoisotopic (exact) mass is 283 g/mol. The highest BCUT2D eigenvalue weighted by Gasteiger charge is 2.18. The third-order valence-electron chi connectivity index (χ3n) is 3.30. The second-order valence-electron chi connectivity index (χ2n) is 4.77. The lowest BCUT2D eigenvalue weighted by Crippen LogP contribution is -2.01. The van der Waals surface area contributed by atoms with Crippen molar-refractivity contribution in [3.63, 3.8) is 0 Å². The van der Waals surface area contributed by atoms with Gasteiger partial charge in [-0.05, 0) is 31.2 Å². The summed E-state index contributed by atoms with van der Waals surface area (Å²) in [5.41, 5.74) is 3.08. The summed E-state index contributed by atoms with van der Waals surface area (Å²) in [7, 11) is 0. The van der Waals surface area contributed by atoms with Crippen molar-refractivity contribution in [3.8, 4) is 16.9 Å². The van der Waals surface area contributed by atoms with E-state index in [-0.39, 0.29) is 12.4 Å². The molecule has 0 bridgehead atoms. The predicted octanol–water partition coefficient (Wildman–Crippen LogP) is 2.87. The number of aliphatic hydroxyl groups is 1. The Morgan fingerprint density at radius 1 is 1.10 bits per heavy atom. The Morgan fingerprint density at radius 3 is 2.48 bits per heavy atom. The lowest BCUT2D eigenvalue weighted by molar-refractivity contribution is 0.277. The molecule has 106 valence electrons. The fourth-order valence-corrected chi connectivity index (χ4v) is 2.21. The number of benzene rings is 2. The Hall–Kier alpha value is -2.53. The van der Waals surface area contributed by atoms with E-state index in [9.17, 15) is 9.50 Å². The number of rotatable bonds is 3. The molecule has 0 radical (unpaired) electrons. The maximum Gasteiger partial charge on any atom is 0.132 e. The second-order valence-corrected chi connectivity index (χ2v) is 4.77. The minimum Gasteiger partial charge on any atom is -0.390 e. The zero-order chi connectivity index (χ0) is 14.8. The van der Waals surface area contributed by atoms with Gasteiger partial charge in [0.05, 0.1) is 12.3 Å². The molecule has 1 aromatic heterocycles. The highest BCUT2D eigenvalue weighted by molar-refractivity contribution is 5.64. The molecule has 0 aliphatic rings. The third-order valence-corrected chi connectivity index (χ3v) is 3.30. The first-order chi connectivity index (χ1) is 10.2. The SMILES string of the molecule is Cc1ccc(-n2nnc(CO)c2-c2ccccc2F)cc1. The van der Waals surface area contributed by atoms with Crippen LogP contribution >= 0.6 is 0 Å². The first-order valence-corrected chi connectivity index (χ1v) is 6.58. The number of aromatic nitrogens is 3. The number of aliphatic hydroxyl groups excluding tert-OH is 1. The van der Waals surface area contributed by atoms with Crippen LogP contribution in [0.5, 0.6) is 0 Å². The average Bonchev–Trinajstić information content (AvgIpc) is 2.92. The molecule has 1 N–H and O–H groups in total. The molecule has 1 heterocycles. The Balaban J connectivity index is 2.22. The van der Waals surface area contributed by atoms with Gasteiger partial charge < -0.3 is 5.11 Å². The van der Waals surface area contributed by atoms with Crippen LogP contribution in [-0.2, 0) is 6.61 Å². The second kappa shape index (κ2) is 5.46. The molecule has 2 aromatic carbocycles. The van der Waals surface area contributed by atoms with E-state index in [1.54, 1.807) is 22.9 Å². The van der Waals surface area contributed by atoms with Crippen LogP contribution in [0.25, 0.3) is 16.9 Å². The molecule has 0 aliphatic carbocycles. The number of hydrogen-bond donors (Lipinski definition) is 1. The molecular formula is C16H14FN3O. The highest BCUT2D eigenvalue weighted by Crippen LogP contribution is 2.27. The van der Waals surface area contributed by atoms with E-state index < -0.39 is 0 Å². The average molecular weight is 283 g/mol. The molecule has 3 rings (SSSR count). The van der Waals surface area contributed by atoms with Gasteiger partial charge in [-0.15, -0.1) is 5.10 Å². The minimum atomic E-state index is -0.372. The Morgan fingerprint density at radius 2 is 1.81 bits per heavy atom. The Labute approximate surface area is 121 Å². The molecule has 21 heavy (non-hydrogen) atoms. The quantitative estimate of drug-likeness (QED) is 0.804. The van der Waals surface area contributed by atoms with Crippen LogP contribution in [0.1, 0.15) is 11.3 Å². The van der Waals surface area contributed by atoms with E-state index in [1.165, 1.54) is 6.07 Å². The van der Waals surface area contributed by atoms with Crippen molar-refractivity contribution in [2.45, 2.75) is 13.5 Å². The summed E-state index contributed by atoms with van der Waals surface area (Å²) in [6.07, 6.45) is 0. The Bertz CT molecular complexity index is 765. The molecular weight excluding hydrogens is 269 g/mol. The Kier molecular flexibility index (Phi) is 3.50. The maximum atomic E-state index is 14.1. The summed E-state index contributed by atoms with van der Waals surface area (Å²) in [6, 6.07) is 14.1. The zero-order valence-corrected chi connectivity index (χ0v) is 11.5. The molecule has 0 fully saturated rings. The van der Waals surface area contributed by atoms with Gasteiger partial charge in [-0.2, -0.15) is 0 Å². The zero-order valence-electron chi connectivity index (χ0n) is 11.5. The number of aryl methyl sites for hydroxylation is 1. The summed E-state index contributed by atoms with van der Waals surface area (Å²) >= 11 is 0. The number of hydrogen-bond acceptors (Lipinski definition) is 3.